The number of hydrogen-bond donors (Lipinski definition) is 0. The van der Waals surface area contributed by atoms with Crippen LogP contribution in [-0.4, -0.2) is 20.2 Å². The van der Waals surface area contributed by atoms with Crippen LogP contribution in [0.3, 0.4) is 0 Å². The molecule has 294 valence electrons. The zero-order chi connectivity index (χ0) is 41.3. The van der Waals surface area contributed by atoms with Gasteiger partial charge in [-0.05, 0) is 116 Å². The fraction of sp³-hybridized carbons (Fsp3) is 0.241. The monoisotopic (exact) mass is 772 g/mol. The molecule has 5 nitrogen and oxygen atoms in total. The van der Waals surface area contributed by atoms with Crippen LogP contribution in [0.25, 0.3) is 38.8 Å². The van der Waals surface area contributed by atoms with Crippen LogP contribution in [0.15, 0.2) is 151 Å². The van der Waals surface area contributed by atoms with E-state index in [0.717, 1.165) is 61.8 Å². The van der Waals surface area contributed by atoms with Crippen molar-refractivity contribution in [2.24, 2.45) is 4.99 Å². The SMILES string of the molecule is CC(C)(C)c1ccc2c(c1)c1ccc(Oc3cccc(C4=Nc5ccccc5C4c4c(C(C)(C)C)cccc4C(C)(C)C)c3)cc1n2-c1ccc(-c2ccncc2)cn1. The molecule has 8 aromatic rings. The standard InChI is InChI=1S/C54H52N4O/c1-52(2,3)37-21-24-46-42(31-37)40-23-22-39(32-47(40)58(46)48-25-20-36(33-56-48)34-26-28-55-29-27-34)59-38-15-12-14-35(30-38)51-49(41-16-10-11-19-45(41)57-51)50-43(53(4,5)6)17-13-18-44(50)54(7,8)9/h10-33,49H,1-9H3. The molecule has 4 heterocycles. The summed E-state index contributed by atoms with van der Waals surface area (Å²) in [6.45, 7) is 20.7. The first-order chi connectivity index (χ1) is 28.1. The first kappa shape index (κ1) is 38.2. The van der Waals surface area contributed by atoms with Gasteiger partial charge in [-0.1, -0.05) is 117 Å². The van der Waals surface area contributed by atoms with Gasteiger partial charge in [-0.15, -0.1) is 0 Å². The summed E-state index contributed by atoms with van der Waals surface area (Å²) < 4.78 is 9.06. The molecular formula is C54H52N4O. The molecule has 0 aliphatic carbocycles. The van der Waals surface area contributed by atoms with E-state index in [9.17, 15) is 0 Å². The van der Waals surface area contributed by atoms with Gasteiger partial charge in [0.15, 0.2) is 0 Å². The highest BCUT2D eigenvalue weighted by molar-refractivity contribution is 6.12. The summed E-state index contributed by atoms with van der Waals surface area (Å²) in [5.74, 6) is 2.34. The molecule has 5 heteroatoms. The lowest BCUT2D eigenvalue weighted by molar-refractivity contribution is 0.483. The summed E-state index contributed by atoms with van der Waals surface area (Å²) in [7, 11) is 0. The Morgan fingerprint density at radius 3 is 1.95 bits per heavy atom. The Morgan fingerprint density at radius 2 is 1.25 bits per heavy atom. The number of fused-ring (bicyclic) bond motifs is 4. The Hall–Kier alpha value is -6.33. The summed E-state index contributed by atoms with van der Waals surface area (Å²) in [5.41, 5.74) is 13.9. The van der Waals surface area contributed by atoms with E-state index in [2.05, 4.69) is 181 Å². The van der Waals surface area contributed by atoms with Crippen molar-refractivity contribution in [1.82, 2.24) is 14.5 Å². The third-order valence-electron chi connectivity index (χ3n) is 11.7. The molecule has 0 bridgehead atoms. The van der Waals surface area contributed by atoms with Gasteiger partial charge in [-0.3, -0.25) is 14.5 Å². The molecule has 0 N–H and O–H groups in total. The summed E-state index contributed by atoms with van der Waals surface area (Å²) in [4.78, 5) is 14.6. The van der Waals surface area contributed by atoms with Gasteiger partial charge < -0.3 is 4.74 Å². The first-order valence-corrected chi connectivity index (χ1v) is 20.7. The number of rotatable bonds is 6. The summed E-state index contributed by atoms with van der Waals surface area (Å²) >= 11 is 0. The second-order valence-electron chi connectivity index (χ2n) is 19.0. The zero-order valence-corrected chi connectivity index (χ0v) is 35.6. The minimum absolute atomic E-state index is 0.00818. The third-order valence-corrected chi connectivity index (χ3v) is 11.7. The minimum Gasteiger partial charge on any atom is -0.457 e. The van der Waals surface area contributed by atoms with E-state index in [0.29, 0.717) is 0 Å². The molecule has 0 spiro atoms. The maximum absolute atomic E-state index is 6.81. The molecule has 0 saturated heterocycles. The molecule has 0 fully saturated rings. The fourth-order valence-electron chi connectivity index (χ4n) is 8.75. The van der Waals surface area contributed by atoms with Crippen molar-refractivity contribution in [3.05, 3.63) is 179 Å². The molecule has 59 heavy (non-hydrogen) atoms. The average Bonchev–Trinajstić information content (AvgIpc) is 3.76. The number of aliphatic imine (C=N–C) groups is 1. The minimum atomic E-state index is -0.0587. The van der Waals surface area contributed by atoms with Gasteiger partial charge in [0.25, 0.3) is 0 Å². The summed E-state index contributed by atoms with van der Waals surface area (Å²) in [6.07, 6.45) is 5.57. The zero-order valence-electron chi connectivity index (χ0n) is 35.6. The van der Waals surface area contributed by atoms with E-state index in [1.807, 2.05) is 36.8 Å². The first-order valence-electron chi connectivity index (χ1n) is 20.7. The van der Waals surface area contributed by atoms with E-state index in [1.54, 1.807) is 0 Å². The van der Waals surface area contributed by atoms with Crippen molar-refractivity contribution in [3.63, 3.8) is 0 Å². The highest BCUT2D eigenvalue weighted by atomic mass is 16.5. The predicted octanol–water partition coefficient (Wildman–Crippen LogP) is 14.2. The molecule has 1 aliphatic heterocycles. The number of ether oxygens (including phenoxy) is 1. The number of hydrogen-bond acceptors (Lipinski definition) is 4. The Labute approximate surface area is 348 Å². The number of pyridine rings is 2. The lowest BCUT2D eigenvalue weighted by Gasteiger charge is -2.33. The largest absolute Gasteiger partial charge is 0.457 e. The molecule has 0 amide bonds. The van der Waals surface area contributed by atoms with E-state index >= 15 is 0 Å². The van der Waals surface area contributed by atoms with Gasteiger partial charge in [0, 0.05) is 46.6 Å². The second-order valence-corrected chi connectivity index (χ2v) is 19.0. The molecule has 5 aromatic carbocycles. The van der Waals surface area contributed by atoms with E-state index in [-0.39, 0.29) is 22.2 Å². The van der Waals surface area contributed by atoms with Gasteiger partial charge in [0.1, 0.15) is 17.3 Å². The average molecular weight is 773 g/mol. The van der Waals surface area contributed by atoms with Gasteiger partial charge in [0.2, 0.25) is 0 Å². The normalized spacial score (nSPS) is 14.5. The molecule has 1 aliphatic rings. The number of nitrogens with zero attached hydrogens (tertiary/aromatic N) is 4. The van der Waals surface area contributed by atoms with Crippen molar-refractivity contribution in [2.75, 3.05) is 0 Å². The maximum Gasteiger partial charge on any atom is 0.137 e. The highest BCUT2D eigenvalue weighted by Gasteiger charge is 2.37. The summed E-state index contributed by atoms with van der Waals surface area (Å²) in [6, 6.07) is 45.4. The van der Waals surface area contributed by atoms with Crippen molar-refractivity contribution in [3.8, 4) is 28.4 Å². The van der Waals surface area contributed by atoms with Crippen molar-refractivity contribution in [2.45, 2.75) is 84.5 Å². The quantitative estimate of drug-likeness (QED) is 0.169. The lowest BCUT2D eigenvalue weighted by atomic mass is 9.70. The van der Waals surface area contributed by atoms with Gasteiger partial charge >= 0.3 is 0 Å². The van der Waals surface area contributed by atoms with Crippen LogP contribution in [0.4, 0.5) is 5.69 Å². The van der Waals surface area contributed by atoms with Crippen LogP contribution in [0.2, 0.25) is 0 Å². The van der Waals surface area contributed by atoms with Gasteiger partial charge in [0.05, 0.1) is 28.4 Å². The van der Waals surface area contributed by atoms with Crippen molar-refractivity contribution in [1.29, 1.82) is 0 Å². The van der Waals surface area contributed by atoms with Crippen LogP contribution >= 0.6 is 0 Å². The molecule has 0 saturated carbocycles. The topological polar surface area (TPSA) is 52.3 Å². The second kappa shape index (κ2) is 14.2. The van der Waals surface area contributed by atoms with Gasteiger partial charge in [-0.25, -0.2) is 4.98 Å². The molecule has 3 aromatic heterocycles. The number of para-hydroxylation sites is 1. The van der Waals surface area contributed by atoms with Crippen LogP contribution in [0.5, 0.6) is 11.5 Å². The van der Waals surface area contributed by atoms with Crippen LogP contribution in [0, 0.1) is 0 Å². The van der Waals surface area contributed by atoms with E-state index < -0.39 is 0 Å². The lowest BCUT2D eigenvalue weighted by Crippen LogP contribution is -2.25. The number of benzene rings is 5. The van der Waals surface area contributed by atoms with Gasteiger partial charge in [-0.2, -0.15) is 0 Å². The Bertz CT molecular complexity index is 2870. The maximum atomic E-state index is 6.81. The van der Waals surface area contributed by atoms with Crippen LogP contribution in [0.1, 0.15) is 102 Å². The van der Waals surface area contributed by atoms with E-state index in [1.165, 1.54) is 33.2 Å². The molecule has 9 rings (SSSR count). The smallest absolute Gasteiger partial charge is 0.137 e. The number of aromatic nitrogens is 3. The highest BCUT2D eigenvalue weighted by Crippen LogP contribution is 2.48. The van der Waals surface area contributed by atoms with Crippen LogP contribution < -0.4 is 4.74 Å². The van der Waals surface area contributed by atoms with Crippen molar-refractivity contribution < 1.29 is 4.74 Å². The fourth-order valence-corrected chi connectivity index (χ4v) is 8.75. The molecule has 1 atom stereocenters. The Balaban J connectivity index is 1.14. The Kier molecular flexibility index (Phi) is 9.19. The van der Waals surface area contributed by atoms with Crippen molar-refractivity contribution >= 4 is 33.2 Å². The van der Waals surface area contributed by atoms with E-state index in [4.69, 9.17) is 14.7 Å². The third kappa shape index (κ3) is 7.03. The molecule has 1 unspecified atom stereocenters. The summed E-state index contributed by atoms with van der Waals surface area (Å²) in [5, 5.41) is 2.34. The molecular weight excluding hydrogens is 721 g/mol. The molecule has 0 radical (unpaired) electrons. The van der Waals surface area contributed by atoms with Crippen LogP contribution in [-0.2, 0) is 16.2 Å². The predicted molar refractivity (Wildman–Crippen MR) is 245 cm³/mol. The Morgan fingerprint density at radius 1 is 0.542 bits per heavy atom.